The number of aryl methyl sites for hydroxylation is 2. The van der Waals surface area contributed by atoms with E-state index in [1.807, 2.05) is 29.6 Å². The third-order valence-electron chi connectivity index (χ3n) is 4.19. The van der Waals surface area contributed by atoms with Gasteiger partial charge in [0, 0.05) is 0 Å². The maximum atomic E-state index is 11.9. The van der Waals surface area contributed by atoms with Crippen molar-refractivity contribution in [2.75, 3.05) is 0 Å². The maximum Gasteiger partial charge on any atom is 0.437 e. The van der Waals surface area contributed by atoms with Gasteiger partial charge in [-0.2, -0.15) is 4.68 Å². The van der Waals surface area contributed by atoms with Crippen LogP contribution in [0.1, 0.15) is 29.2 Å². The molecule has 0 saturated heterocycles. The molecule has 3 aromatic rings. The summed E-state index contributed by atoms with van der Waals surface area (Å²) < 4.78 is 6.35. The molecule has 1 N–H and O–H groups in total. The number of hydrogen-bond donors (Lipinski definition) is 1. The SMILES string of the molecule is O=c1oc(-c2cccs2)nn1C[C@@H](O)c1ccc2c(c1)CCC2. The fourth-order valence-corrected chi connectivity index (χ4v) is 3.63. The van der Waals surface area contributed by atoms with Crippen molar-refractivity contribution in [3.8, 4) is 10.8 Å². The lowest BCUT2D eigenvalue weighted by molar-refractivity contribution is 0.148. The van der Waals surface area contributed by atoms with E-state index in [9.17, 15) is 9.90 Å². The average Bonchev–Trinajstić information content (AvgIpc) is 3.27. The molecule has 6 heteroatoms. The number of aliphatic hydroxyl groups excluding tert-OH is 1. The van der Waals surface area contributed by atoms with E-state index < -0.39 is 11.9 Å². The molecule has 0 saturated carbocycles. The fourth-order valence-electron chi connectivity index (χ4n) is 2.99. The van der Waals surface area contributed by atoms with Gasteiger partial charge in [0.05, 0.1) is 17.5 Å². The van der Waals surface area contributed by atoms with E-state index >= 15 is 0 Å². The Morgan fingerprint density at radius 3 is 3.00 bits per heavy atom. The number of rotatable bonds is 4. The van der Waals surface area contributed by atoms with Crippen molar-refractivity contribution in [3.63, 3.8) is 0 Å². The molecule has 4 rings (SSSR count). The summed E-state index contributed by atoms with van der Waals surface area (Å²) >= 11 is 1.46. The Balaban J connectivity index is 1.57. The second-order valence-corrected chi connectivity index (χ2v) is 6.68. The highest BCUT2D eigenvalue weighted by molar-refractivity contribution is 7.13. The molecule has 0 bridgehead atoms. The van der Waals surface area contributed by atoms with Gasteiger partial charge >= 0.3 is 5.76 Å². The summed E-state index contributed by atoms with van der Waals surface area (Å²) in [5, 5.41) is 16.5. The van der Waals surface area contributed by atoms with Crippen LogP contribution in [0.4, 0.5) is 0 Å². The molecule has 0 aliphatic heterocycles. The first-order valence-corrected chi connectivity index (χ1v) is 8.50. The zero-order valence-corrected chi connectivity index (χ0v) is 13.3. The number of aliphatic hydroxyl groups is 1. The van der Waals surface area contributed by atoms with Crippen molar-refractivity contribution in [3.05, 3.63) is 63.0 Å². The van der Waals surface area contributed by atoms with Gasteiger partial charge in [0.2, 0.25) is 0 Å². The maximum absolute atomic E-state index is 11.9. The summed E-state index contributed by atoms with van der Waals surface area (Å²) in [6.07, 6.45) is 2.56. The van der Waals surface area contributed by atoms with Crippen LogP contribution in [0.2, 0.25) is 0 Å². The van der Waals surface area contributed by atoms with Crippen LogP contribution in [0.3, 0.4) is 0 Å². The van der Waals surface area contributed by atoms with Crippen LogP contribution in [-0.2, 0) is 19.4 Å². The van der Waals surface area contributed by atoms with Crippen molar-refractivity contribution >= 4 is 11.3 Å². The van der Waals surface area contributed by atoms with Gasteiger partial charge in [-0.1, -0.05) is 24.3 Å². The lowest BCUT2D eigenvalue weighted by atomic mass is 10.0. The first-order chi connectivity index (χ1) is 11.2. The van der Waals surface area contributed by atoms with Crippen LogP contribution < -0.4 is 5.76 Å². The topological polar surface area (TPSA) is 68.3 Å². The molecule has 0 spiro atoms. The minimum atomic E-state index is -0.778. The molecule has 2 aromatic heterocycles. The van der Waals surface area contributed by atoms with Gasteiger partial charge in [-0.05, 0) is 47.4 Å². The van der Waals surface area contributed by atoms with E-state index in [0.717, 1.165) is 23.3 Å². The van der Waals surface area contributed by atoms with E-state index in [-0.39, 0.29) is 6.54 Å². The Morgan fingerprint density at radius 1 is 1.30 bits per heavy atom. The highest BCUT2D eigenvalue weighted by Crippen LogP contribution is 2.26. The smallest absolute Gasteiger partial charge is 0.387 e. The van der Waals surface area contributed by atoms with Gasteiger partial charge in [-0.3, -0.25) is 0 Å². The first-order valence-electron chi connectivity index (χ1n) is 7.62. The molecule has 118 valence electrons. The van der Waals surface area contributed by atoms with Crippen molar-refractivity contribution < 1.29 is 9.52 Å². The van der Waals surface area contributed by atoms with Crippen LogP contribution >= 0.6 is 11.3 Å². The van der Waals surface area contributed by atoms with Gasteiger partial charge in [0.15, 0.2) is 0 Å². The molecule has 5 nitrogen and oxygen atoms in total. The number of fused-ring (bicyclic) bond motifs is 1. The van der Waals surface area contributed by atoms with Crippen LogP contribution in [0.5, 0.6) is 0 Å². The van der Waals surface area contributed by atoms with E-state index in [4.69, 9.17) is 4.42 Å². The summed E-state index contributed by atoms with van der Waals surface area (Å²) in [4.78, 5) is 12.7. The summed E-state index contributed by atoms with van der Waals surface area (Å²) in [6, 6.07) is 9.76. The number of nitrogens with zero attached hydrogens (tertiary/aromatic N) is 2. The van der Waals surface area contributed by atoms with Crippen LogP contribution in [-0.4, -0.2) is 14.9 Å². The van der Waals surface area contributed by atoms with Gasteiger partial charge in [0.25, 0.3) is 5.89 Å². The molecule has 1 aliphatic rings. The van der Waals surface area contributed by atoms with Crippen molar-refractivity contribution in [1.29, 1.82) is 0 Å². The molecule has 0 fully saturated rings. The quantitative estimate of drug-likeness (QED) is 0.799. The lowest BCUT2D eigenvalue weighted by Crippen LogP contribution is -2.20. The van der Waals surface area contributed by atoms with E-state index in [0.29, 0.717) is 5.89 Å². The number of aromatic nitrogens is 2. The summed E-state index contributed by atoms with van der Waals surface area (Å²) in [5.41, 5.74) is 3.48. The molecular weight excluding hydrogens is 312 g/mol. The van der Waals surface area contributed by atoms with E-state index in [1.54, 1.807) is 0 Å². The van der Waals surface area contributed by atoms with Gasteiger partial charge in [0.1, 0.15) is 0 Å². The molecule has 0 amide bonds. The van der Waals surface area contributed by atoms with E-state index in [1.165, 1.54) is 33.6 Å². The predicted molar refractivity (Wildman–Crippen MR) is 87.5 cm³/mol. The zero-order chi connectivity index (χ0) is 15.8. The van der Waals surface area contributed by atoms with Crippen LogP contribution in [0, 0.1) is 0 Å². The Morgan fingerprint density at radius 2 is 2.17 bits per heavy atom. The number of hydrogen-bond acceptors (Lipinski definition) is 5. The van der Waals surface area contributed by atoms with E-state index in [2.05, 4.69) is 11.2 Å². The molecule has 0 radical (unpaired) electrons. The molecule has 0 unspecified atom stereocenters. The third-order valence-corrected chi connectivity index (χ3v) is 5.05. The van der Waals surface area contributed by atoms with Gasteiger partial charge in [-0.15, -0.1) is 16.4 Å². The Bertz CT molecular complexity index is 880. The third kappa shape index (κ3) is 2.75. The minimum absolute atomic E-state index is 0.0898. The fraction of sp³-hybridized carbons (Fsp3) is 0.294. The van der Waals surface area contributed by atoms with Crippen LogP contribution in [0.25, 0.3) is 10.8 Å². The van der Waals surface area contributed by atoms with Crippen molar-refractivity contribution in [2.45, 2.75) is 31.9 Å². The second kappa shape index (κ2) is 5.79. The average molecular weight is 328 g/mol. The van der Waals surface area contributed by atoms with Gasteiger partial charge in [-0.25, -0.2) is 4.79 Å². The molecule has 1 atom stereocenters. The molecule has 1 aromatic carbocycles. The zero-order valence-electron chi connectivity index (χ0n) is 12.4. The summed E-state index contributed by atoms with van der Waals surface area (Å²) in [7, 11) is 0. The molecular formula is C17H16N2O3S. The minimum Gasteiger partial charge on any atom is -0.387 e. The first kappa shape index (κ1) is 14.4. The Labute approximate surface area is 136 Å². The highest BCUT2D eigenvalue weighted by atomic mass is 32.1. The standard InChI is InChI=1S/C17H16N2O3S/c20-14(13-7-6-11-3-1-4-12(11)9-13)10-19-17(21)22-16(18-19)15-5-2-8-23-15/h2,5-9,14,20H,1,3-4,10H2/t14-/m1/s1. The highest BCUT2D eigenvalue weighted by Gasteiger charge is 2.18. The molecule has 1 aliphatic carbocycles. The van der Waals surface area contributed by atoms with Gasteiger partial charge < -0.3 is 9.52 Å². The largest absolute Gasteiger partial charge is 0.437 e. The summed E-state index contributed by atoms with van der Waals surface area (Å²) in [5.74, 6) is -0.250. The molecule has 23 heavy (non-hydrogen) atoms. The summed E-state index contributed by atoms with van der Waals surface area (Å²) in [6.45, 7) is 0.0898. The number of benzene rings is 1. The van der Waals surface area contributed by atoms with Crippen molar-refractivity contribution in [2.24, 2.45) is 0 Å². The molecule has 2 heterocycles. The second-order valence-electron chi connectivity index (χ2n) is 5.73. The number of thiophene rings is 1. The monoisotopic (exact) mass is 328 g/mol. The Hall–Kier alpha value is -2.18. The normalized spacial score (nSPS) is 14.8. The van der Waals surface area contributed by atoms with Crippen molar-refractivity contribution in [1.82, 2.24) is 9.78 Å². The lowest BCUT2D eigenvalue weighted by Gasteiger charge is -2.11. The van der Waals surface area contributed by atoms with Crippen LogP contribution in [0.15, 0.2) is 44.9 Å². The Kier molecular flexibility index (Phi) is 3.63. The predicted octanol–water partition coefficient (Wildman–Crippen LogP) is 2.79.